The lowest BCUT2D eigenvalue weighted by Gasteiger charge is -2.23. The normalized spacial score (nSPS) is 17.2. The van der Waals surface area contributed by atoms with Gasteiger partial charge in [0, 0.05) is 24.4 Å². The molecule has 3 nitrogen and oxygen atoms in total. The summed E-state index contributed by atoms with van der Waals surface area (Å²) in [5.41, 5.74) is 6.00. The van der Waals surface area contributed by atoms with Gasteiger partial charge in [-0.1, -0.05) is 0 Å². The van der Waals surface area contributed by atoms with E-state index in [1.165, 1.54) is 20.3 Å². The second-order valence-electron chi connectivity index (χ2n) is 5.13. The molecule has 0 amide bonds. The highest BCUT2D eigenvalue weighted by molar-refractivity contribution is 5.53. The Balaban J connectivity index is 2.63. The van der Waals surface area contributed by atoms with Crippen LogP contribution >= 0.6 is 0 Å². The van der Waals surface area contributed by atoms with E-state index in [1.807, 2.05) is 0 Å². The third-order valence-electron chi connectivity index (χ3n) is 3.81. The zero-order valence-corrected chi connectivity index (χ0v) is 11.4. The summed E-state index contributed by atoms with van der Waals surface area (Å²) < 4.78 is 38.0. The molecule has 106 valence electrons. The first-order valence-electron chi connectivity index (χ1n) is 6.23. The Labute approximate surface area is 111 Å². The third kappa shape index (κ3) is 2.39. The molecule has 5 heteroatoms. The SMILES string of the molecule is COc1cc(C(C)(F)F)c(C2(CN)CC2)cc1OC. The molecule has 1 aromatic rings. The van der Waals surface area contributed by atoms with Crippen molar-refractivity contribution < 1.29 is 18.3 Å². The molecule has 19 heavy (non-hydrogen) atoms. The zero-order chi connectivity index (χ0) is 14.3. The molecule has 0 atom stereocenters. The third-order valence-corrected chi connectivity index (χ3v) is 3.81. The highest BCUT2D eigenvalue weighted by Gasteiger charge is 2.47. The van der Waals surface area contributed by atoms with Crippen LogP contribution in [0, 0.1) is 0 Å². The second kappa shape index (κ2) is 4.63. The fourth-order valence-electron chi connectivity index (χ4n) is 2.42. The van der Waals surface area contributed by atoms with Crippen molar-refractivity contribution in [3.05, 3.63) is 23.3 Å². The first-order valence-corrected chi connectivity index (χ1v) is 6.23. The van der Waals surface area contributed by atoms with Crippen LogP contribution in [0.5, 0.6) is 11.5 Å². The van der Waals surface area contributed by atoms with E-state index in [4.69, 9.17) is 15.2 Å². The van der Waals surface area contributed by atoms with Gasteiger partial charge in [-0.25, -0.2) is 8.78 Å². The number of ether oxygens (including phenoxy) is 2. The minimum absolute atomic E-state index is 0.0203. The van der Waals surface area contributed by atoms with Gasteiger partial charge in [0.05, 0.1) is 14.2 Å². The van der Waals surface area contributed by atoms with Crippen molar-refractivity contribution in [3.63, 3.8) is 0 Å². The first kappa shape index (κ1) is 14.1. The van der Waals surface area contributed by atoms with E-state index in [2.05, 4.69) is 0 Å². The smallest absolute Gasteiger partial charge is 0.270 e. The van der Waals surface area contributed by atoms with Crippen molar-refractivity contribution in [2.45, 2.75) is 31.1 Å². The summed E-state index contributed by atoms with van der Waals surface area (Å²) in [6.07, 6.45) is 1.67. The molecule has 0 saturated heterocycles. The molecule has 1 aromatic carbocycles. The topological polar surface area (TPSA) is 44.5 Å². The Kier molecular flexibility index (Phi) is 3.43. The highest BCUT2D eigenvalue weighted by Crippen LogP contribution is 2.53. The van der Waals surface area contributed by atoms with Gasteiger partial charge in [0.15, 0.2) is 11.5 Å². The Morgan fingerprint density at radius 3 is 2.11 bits per heavy atom. The second-order valence-corrected chi connectivity index (χ2v) is 5.13. The standard InChI is InChI=1S/C14H19F2NO2/c1-13(15,16)9-6-11(18-2)12(19-3)7-10(9)14(8-17)4-5-14/h6-7H,4-5,8,17H2,1-3H3. The van der Waals surface area contributed by atoms with Crippen LogP contribution in [0.3, 0.4) is 0 Å². The van der Waals surface area contributed by atoms with Gasteiger partial charge in [-0.05, 0) is 30.5 Å². The number of hydrogen-bond donors (Lipinski definition) is 1. The molecule has 0 radical (unpaired) electrons. The maximum atomic E-state index is 13.8. The van der Waals surface area contributed by atoms with Crippen LogP contribution in [0.1, 0.15) is 30.9 Å². The minimum Gasteiger partial charge on any atom is -0.493 e. The molecule has 2 N–H and O–H groups in total. The van der Waals surface area contributed by atoms with Gasteiger partial charge >= 0.3 is 0 Å². The summed E-state index contributed by atoms with van der Waals surface area (Å²) in [6.45, 7) is 1.26. The monoisotopic (exact) mass is 271 g/mol. The van der Waals surface area contributed by atoms with Crippen LogP contribution in [-0.4, -0.2) is 20.8 Å². The lowest BCUT2D eigenvalue weighted by Crippen LogP contribution is -2.24. The Hall–Kier alpha value is -1.36. The number of nitrogens with two attached hydrogens (primary N) is 1. The van der Waals surface area contributed by atoms with E-state index in [-0.39, 0.29) is 11.0 Å². The van der Waals surface area contributed by atoms with Crippen LogP contribution in [0.4, 0.5) is 8.78 Å². The number of hydrogen-bond acceptors (Lipinski definition) is 3. The predicted molar refractivity (Wildman–Crippen MR) is 69.1 cm³/mol. The Bertz CT molecular complexity index is 479. The van der Waals surface area contributed by atoms with Gasteiger partial charge < -0.3 is 15.2 Å². The number of alkyl halides is 2. The van der Waals surface area contributed by atoms with Gasteiger partial charge in [0.2, 0.25) is 0 Å². The number of methoxy groups -OCH3 is 2. The summed E-state index contributed by atoms with van der Waals surface area (Å²) in [4.78, 5) is 0. The van der Waals surface area contributed by atoms with E-state index in [0.717, 1.165) is 19.8 Å². The van der Waals surface area contributed by atoms with E-state index in [1.54, 1.807) is 6.07 Å². The molecule has 0 aliphatic heterocycles. The van der Waals surface area contributed by atoms with E-state index >= 15 is 0 Å². The van der Waals surface area contributed by atoms with Crippen molar-refractivity contribution in [1.29, 1.82) is 0 Å². The summed E-state index contributed by atoms with van der Waals surface area (Å²) in [5, 5.41) is 0. The fourth-order valence-corrected chi connectivity index (χ4v) is 2.42. The van der Waals surface area contributed by atoms with E-state index < -0.39 is 5.92 Å². The van der Waals surface area contributed by atoms with Crippen LogP contribution in [0.2, 0.25) is 0 Å². The summed E-state index contributed by atoms with van der Waals surface area (Å²) in [5.74, 6) is -2.15. The van der Waals surface area contributed by atoms with Gasteiger partial charge in [0.1, 0.15) is 0 Å². The van der Waals surface area contributed by atoms with Crippen molar-refractivity contribution in [2.75, 3.05) is 20.8 Å². The van der Waals surface area contributed by atoms with E-state index in [0.29, 0.717) is 23.6 Å². The number of benzene rings is 1. The lowest BCUT2D eigenvalue weighted by molar-refractivity contribution is 0.0157. The molecule has 1 saturated carbocycles. The molecule has 1 aliphatic carbocycles. The van der Waals surface area contributed by atoms with Crippen molar-refractivity contribution in [1.82, 2.24) is 0 Å². The molecular weight excluding hydrogens is 252 g/mol. The average Bonchev–Trinajstić information content (AvgIpc) is 3.17. The maximum Gasteiger partial charge on any atom is 0.270 e. The first-order chi connectivity index (χ1) is 8.88. The fraction of sp³-hybridized carbons (Fsp3) is 0.571. The van der Waals surface area contributed by atoms with E-state index in [9.17, 15) is 8.78 Å². The maximum absolute atomic E-state index is 13.8. The molecule has 0 spiro atoms. The molecule has 1 fully saturated rings. The van der Waals surface area contributed by atoms with Crippen LogP contribution in [0.25, 0.3) is 0 Å². The largest absolute Gasteiger partial charge is 0.493 e. The summed E-state index contributed by atoms with van der Waals surface area (Å²) in [6, 6.07) is 3.01. The van der Waals surface area contributed by atoms with Crippen molar-refractivity contribution in [2.24, 2.45) is 5.73 Å². The molecule has 0 unspecified atom stereocenters. The predicted octanol–water partition coefficient (Wildman–Crippen LogP) is 2.81. The molecule has 1 aliphatic rings. The van der Waals surface area contributed by atoms with Crippen molar-refractivity contribution in [3.8, 4) is 11.5 Å². The molecule has 0 bridgehead atoms. The van der Waals surface area contributed by atoms with Gasteiger partial charge in [0.25, 0.3) is 5.92 Å². The molecule has 0 aromatic heterocycles. The van der Waals surface area contributed by atoms with Gasteiger partial charge in [-0.15, -0.1) is 0 Å². The van der Waals surface area contributed by atoms with Gasteiger partial charge in [-0.2, -0.15) is 0 Å². The number of halogens is 2. The van der Waals surface area contributed by atoms with Crippen LogP contribution in [-0.2, 0) is 11.3 Å². The van der Waals surface area contributed by atoms with Crippen LogP contribution in [0.15, 0.2) is 12.1 Å². The van der Waals surface area contributed by atoms with Crippen molar-refractivity contribution >= 4 is 0 Å². The quantitative estimate of drug-likeness (QED) is 0.895. The molecular formula is C14H19F2NO2. The van der Waals surface area contributed by atoms with Gasteiger partial charge in [-0.3, -0.25) is 0 Å². The Morgan fingerprint density at radius 2 is 1.74 bits per heavy atom. The number of rotatable bonds is 5. The zero-order valence-electron chi connectivity index (χ0n) is 11.4. The molecule has 0 heterocycles. The molecule has 2 rings (SSSR count). The summed E-state index contributed by atoms with van der Waals surface area (Å²) in [7, 11) is 2.93. The highest BCUT2D eigenvalue weighted by atomic mass is 19.3. The lowest BCUT2D eigenvalue weighted by atomic mass is 9.88. The minimum atomic E-state index is -2.93. The Morgan fingerprint density at radius 1 is 1.21 bits per heavy atom. The summed E-state index contributed by atoms with van der Waals surface area (Å²) >= 11 is 0. The van der Waals surface area contributed by atoms with Crippen LogP contribution < -0.4 is 15.2 Å². The average molecular weight is 271 g/mol.